The van der Waals surface area contributed by atoms with Gasteiger partial charge in [-0.15, -0.1) is 0 Å². The highest BCUT2D eigenvalue weighted by molar-refractivity contribution is 6.02. The molecule has 12 aromatic carbocycles. The van der Waals surface area contributed by atoms with Crippen LogP contribution in [0.5, 0.6) is 46.0 Å². The molecule has 520 valence electrons. The minimum Gasteiger partial charge on any atom is -0.497 e. The molecule has 0 amide bonds. The maximum Gasteiger partial charge on any atom is 0.230 e. The Kier molecular flexibility index (Phi) is 24.9. The molecular weight excluding hydrogens is 1300 g/mol. The van der Waals surface area contributed by atoms with Crippen LogP contribution in [0.1, 0.15) is 94.5 Å². The number of nitrogens with zero attached hydrogens (tertiary/aromatic N) is 4. The summed E-state index contributed by atoms with van der Waals surface area (Å²) in [6.45, 7) is 8.51. The van der Waals surface area contributed by atoms with Crippen molar-refractivity contribution in [3.05, 3.63) is 358 Å². The maximum absolute atomic E-state index is 6.16. The SMILES string of the molecule is CCc1ccc(N=C=C(c2ccc(OC)cc2)c2ccc(OCOc3ccc(C(=C=Nc4ccc(CC)cc4)c4ccc(OCOc5ccc(C(=C=Nc6ccc(CC)cc6)c6ccc(OCOc7ccc(C(=C=Nc8ccc(CC)cc8)c8ccc(OC)cc8)cc7)cc6)cc5)cc4)cc3)cc2)cc1. The summed E-state index contributed by atoms with van der Waals surface area (Å²) < 4.78 is 47.6. The van der Waals surface area contributed by atoms with E-state index in [1.54, 1.807) is 14.2 Å². The third-order valence-corrected chi connectivity index (χ3v) is 17.5. The van der Waals surface area contributed by atoms with Gasteiger partial charge in [0.15, 0.2) is 0 Å². The Hall–Kier alpha value is -13.2. The summed E-state index contributed by atoms with van der Waals surface area (Å²) in [6, 6.07) is 95.4. The first-order valence-corrected chi connectivity index (χ1v) is 35.1. The van der Waals surface area contributed by atoms with Crippen LogP contribution in [0, 0.1) is 0 Å². The van der Waals surface area contributed by atoms with Gasteiger partial charge < -0.3 is 37.9 Å². The predicted molar refractivity (Wildman–Crippen MR) is 425 cm³/mol. The van der Waals surface area contributed by atoms with E-state index in [2.05, 4.69) is 99.7 Å². The molecule has 12 nitrogen and oxygen atoms in total. The zero-order chi connectivity index (χ0) is 72.4. The number of hydrogen-bond acceptors (Lipinski definition) is 12. The second kappa shape index (κ2) is 36.4. The van der Waals surface area contributed by atoms with Crippen molar-refractivity contribution in [2.45, 2.75) is 53.4 Å². The summed E-state index contributed by atoms with van der Waals surface area (Å²) in [6.07, 6.45) is 3.80. The smallest absolute Gasteiger partial charge is 0.230 e. The third-order valence-electron chi connectivity index (χ3n) is 17.5. The van der Waals surface area contributed by atoms with Crippen LogP contribution in [0.25, 0.3) is 22.3 Å². The van der Waals surface area contributed by atoms with E-state index in [4.69, 9.17) is 57.9 Å². The van der Waals surface area contributed by atoms with E-state index in [0.29, 0.717) is 34.5 Å². The van der Waals surface area contributed by atoms with Gasteiger partial charge in [-0.05, 0) is 359 Å². The van der Waals surface area contributed by atoms with Crippen molar-refractivity contribution in [3.63, 3.8) is 0 Å². The van der Waals surface area contributed by atoms with Gasteiger partial charge in [0.2, 0.25) is 20.4 Å². The zero-order valence-electron chi connectivity index (χ0n) is 59.7. The monoisotopic (exact) mass is 1380 g/mol. The molecule has 0 aliphatic rings. The van der Waals surface area contributed by atoms with Crippen molar-refractivity contribution in [3.8, 4) is 46.0 Å². The first-order valence-electron chi connectivity index (χ1n) is 35.1. The van der Waals surface area contributed by atoms with Crippen LogP contribution in [-0.4, -0.2) is 58.1 Å². The predicted octanol–water partition coefficient (Wildman–Crippen LogP) is 21.9. The minimum absolute atomic E-state index is 0.00313. The number of hydrogen-bond donors (Lipinski definition) is 0. The van der Waals surface area contributed by atoms with E-state index in [1.807, 2.05) is 243 Å². The molecular formula is C93H80N4O8. The molecule has 12 rings (SSSR count). The van der Waals surface area contributed by atoms with Gasteiger partial charge in [0.05, 0.1) is 59.3 Å². The van der Waals surface area contributed by atoms with Crippen LogP contribution in [0.2, 0.25) is 0 Å². The summed E-state index contributed by atoms with van der Waals surface area (Å²) in [7, 11) is 3.31. The van der Waals surface area contributed by atoms with E-state index in [0.717, 1.165) is 127 Å². The molecule has 0 saturated carbocycles. The molecule has 0 aromatic heterocycles. The number of aryl methyl sites for hydroxylation is 4. The highest BCUT2D eigenvalue weighted by atomic mass is 16.7. The maximum atomic E-state index is 6.16. The number of rotatable bonds is 30. The molecule has 0 radical (unpaired) electrons. The molecule has 0 fully saturated rings. The summed E-state index contributed by atoms with van der Waals surface area (Å²) in [5, 5.41) is 0. The van der Waals surface area contributed by atoms with Crippen molar-refractivity contribution in [1.29, 1.82) is 0 Å². The fraction of sp³-hybridized carbons (Fsp3) is 0.140. The van der Waals surface area contributed by atoms with Gasteiger partial charge in [-0.1, -0.05) is 76.2 Å². The summed E-state index contributed by atoms with van der Waals surface area (Å²) in [5.74, 6) is 18.7. The average molecular weight is 1380 g/mol. The number of aliphatic imine (C=N–C) groups is 4. The Morgan fingerprint density at radius 2 is 0.362 bits per heavy atom. The van der Waals surface area contributed by atoms with Crippen molar-refractivity contribution >= 4 is 68.5 Å². The van der Waals surface area contributed by atoms with Crippen molar-refractivity contribution in [2.75, 3.05) is 34.6 Å². The standard InChI is InChI=1S/C93H80N4O8/c1-7-66-11-35-78(36-12-66)94-59-90(70-19-43-82(98-5)44-20-70)72-23-47-84(48-24-72)100-63-102-86-51-27-74(28-52-86)92(61-96-80-39-15-68(9-3)16-40-80)76-31-55-88(56-32-76)104-65-105-89-57-33-77(34-58-89)93(62-97-81-41-17-69(10-4)18-42-81)75-29-53-87(54-30-75)103-64-101-85-49-25-73(26-50-85)91(71-21-45-83(99-6)46-22-71)60-95-79-37-13-67(8-2)14-38-79/h11-58H,7-10,63-65H2,1-6H3. The highest BCUT2D eigenvalue weighted by Crippen LogP contribution is 2.32. The molecule has 0 N–H and O–H groups in total. The Morgan fingerprint density at radius 3 is 0.505 bits per heavy atom. The fourth-order valence-electron chi connectivity index (χ4n) is 11.2. The van der Waals surface area contributed by atoms with Gasteiger partial charge in [0.25, 0.3) is 0 Å². The van der Waals surface area contributed by atoms with E-state index in [-0.39, 0.29) is 20.4 Å². The van der Waals surface area contributed by atoms with Crippen molar-refractivity contribution in [1.82, 2.24) is 0 Å². The molecule has 12 heteroatoms. The lowest BCUT2D eigenvalue weighted by atomic mass is 9.99. The van der Waals surface area contributed by atoms with Crippen molar-refractivity contribution in [2.24, 2.45) is 20.0 Å². The van der Waals surface area contributed by atoms with E-state index >= 15 is 0 Å². The van der Waals surface area contributed by atoms with Crippen molar-refractivity contribution < 1.29 is 37.9 Å². The molecule has 105 heavy (non-hydrogen) atoms. The minimum atomic E-state index is -0.0259. The molecule has 0 aliphatic heterocycles. The van der Waals surface area contributed by atoms with Gasteiger partial charge >= 0.3 is 0 Å². The van der Waals surface area contributed by atoms with E-state index in [1.165, 1.54) is 22.3 Å². The lowest BCUT2D eigenvalue weighted by Crippen LogP contribution is -2.06. The number of ether oxygens (including phenoxy) is 8. The molecule has 0 unspecified atom stereocenters. The normalized spacial score (nSPS) is 10.5. The van der Waals surface area contributed by atoms with Crippen LogP contribution < -0.4 is 37.9 Å². The zero-order valence-corrected chi connectivity index (χ0v) is 59.7. The molecule has 0 bridgehead atoms. The van der Waals surface area contributed by atoms with Gasteiger partial charge in [0, 0.05) is 0 Å². The van der Waals surface area contributed by atoms with Gasteiger partial charge in [-0.3, -0.25) is 0 Å². The summed E-state index contributed by atoms with van der Waals surface area (Å²) in [5.41, 5.74) is 18.8. The van der Waals surface area contributed by atoms with Crippen LogP contribution in [0.15, 0.2) is 311 Å². The molecule has 0 atom stereocenters. The lowest BCUT2D eigenvalue weighted by Gasteiger charge is -2.12. The molecule has 0 aliphatic carbocycles. The van der Waals surface area contributed by atoms with Crippen LogP contribution in [0.4, 0.5) is 22.7 Å². The molecule has 12 aromatic rings. The van der Waals surface area contributed by atoms with Gasteiger partial charge in [-0.2, -0.15) is 0 Å². The summed E-state index contributed by atoms with van der Waals surface area (Å²) >= 11 is 0. The fourth-order valence-corrected chi connectivity index (χ4v) is 11.2. The summed E-state index contributed by atoms with van der Waals surface area (Å²) in [4.78, 5) is 19.0. The quantitative estimate of drug-likeness (QED) is 0.0322. The lowest BCUT2D eigenvalue weighted by molar-refractivity contribution is 0.119. The topological polar surface area (TPSA) is 123 Å². The first kappa shape index (κ1) is 71.7. The van der Waals surface area contributed by atoms with Gasteiger partial charge in [0.1, 0.15) is 46.0 Å². The number of methoxy groups -OCH3 is 2. The second-order valence-electron chi connectivity index (χ2n) is 24.3. The number of benzene rings is 12. The Labute approximate surface area is 614 Å². The average Bonchev–Trinajstić information content (AvgIpc) is 0.850. The first-order chi connectivity index (χ1) is 51.7. The van der Waals surface area contributed by atoms with E-state index in [9.17, 15) is 0 Å². The molecule has 0 heterocycles. The van der Waals surface area contributed by atoms with Crippen LogP contribution in [0.3, 0.4) is 0 Å². The second-order valence-corrected chi connectivity index (χ2v) is 24.3. The van der Waals surface area contributed by atoms with E-state index < -0.39 is 0 Å². The molecule has 0 spiro atoms. The molecule has 0 saturated heterocycles. The highest BCUT2D eigenvalue weighted by Gasteiger charge is 2.14. The third kappa shape index (κ3) is 20.1. The largest absolute Gasteiger partial charge is 0.497 e. The Morgan fingerprint density at radius 1 is 0.210 bits per heavy atom. The Bertz CT molecular complexity index is 4760. The van der Waals surface area contributed by atoms with Crippen LogP contribution in [-0.2, 0) is 25.7 Å². The van der Waals surface area contributed by atoms with Crippen LogP contribution >= 0.6 is 0 Å². The van der Waals surface area contributed by atoms with Gasteiger partial charge in [-0.25, -0.2) is 20.0 Å². The Balaban J connectivity index is 0.674.